The van der Waals surface area contributed by atoms with Gasteiger partial charge in [-0.3, -0.25) is 4.79 Å². The number of rotatable bonds is 8. The summed E-state index contributed by atoms with van der Waals surface area (Å²) in [6.07, 6.45) is 7.78. The van der Waals surface area contributed by atoms with Crippen molar-refractivity contribution >= 4 is 12.1 Å². The van der Waals surface area contributed by atoms with Gasteiger partial charge in [0.2, 0.25) is 5.91 Å². The summed E-state index contributed by atoms with van der Waals surface area (Å²) < 4.78 is 5.29. The van der Waals surface area contributed by atoms with E-state index >= 15 is 0 Å². The van der Waals surface area contributed by atoms with Crippen LogP contribution in [0.15, 0.2) is 21.7 Å². The number of furan rings is 1. The number of hydrogen-bond donors (Lipinski definition) is 1. The van der Waals surface area contributed by atoms with Crippen LogP contribution in [-0.2, 0) is 4.79 Å². The molecule has 1 amide bonds. The van der Waals surface area contributed by atoms with Crippen LogP contribution in [0.3, 0.4) is 0 Å². The highest BCUT2D eigenvalue weighted by Gasteiger charge is 1.99. The molecule has 1 aromatic rings. The van der Waals surface area contributed by atoms with E-state index in [1.54, 1.807) is 0 Å². The van der Waals surface area contributed by atoms with E-state index in [2.05, 4.69) is 17.5 Å². The second-order valence-corrected chi connectivity index (χ2v) is 4.41. The zero-order valence-corrected chi connectivity index (χ0v) is 11.2. The lowest BCUT2D eigenvalue weighted by molar-refractivity contribution is -0.121. The fourth-order valence-electron chi connectivity index (χ4n) is 1.64. The van der Waals surface area contributed by atoms with E-state index in [0.717, 1.165) is 18.6 Å². The molecule has 0 aliphatic carbocycles. The Bertz CT molecular complexity index is 383. The van der Waals surface area contributed by atoms with Gasteiger partial charge in [-0.05, 0) is 25.5 Å². The van der Waals surface area contributed by atoms with Gasteiger partial charge in [-0.2, -0.15) is 5.10 Å². The van der Waals surface area contributed by atoms with Gasteiger partial charge in [-0.15, -0.1) is 0 Å². The van der Waals surface area contributed by atoms with E-state index in [1.165, 1.54) is 25.5 Å². The maximum Gasteiger partial charge on any atom is 0.240 e. The van der Waals surface area contributed by atoms with Crippen molar-refractivity contribution < 1.29 is 9.21 Å². The predicted octanol–water partition coefficient (Wildman–Crippen LogP) is 3.40. The largest absolute Gasteiger partial charge is 0.460 e. The summed E-state index contributed by atoms with van der Waals surface area (Å²) >= 11 is 0. The minimum absolute atomic E-state index is 0.0361. The van der Waals surface area contributed by atoms with Crippen molar-refractivity contribution in [3.05, 3.63) is 23.7 Å². The normalized spacial score (nSPS) is 11.0. The summed E-state index contributed by atoms with van der Waals surface area (Å²) in [6, 6.07) is 3.67. The third kappa shape index (κ3) is 6.23. The molecule has 0 bridgehead atoms. The number of hydrogen-bond acceptors (Lipinski definition) is 3. The quantitative estimate of drug-likeness (QED) is 0.437. The standard InChI is InChI=1S/C14H22N2O2/c1-3-4-5-6-7-8-14(17)16-15-11-13-10-9-12(2)18-13/h9-11H,3-8H2,1-2H3,(H,16,17). The molecule has 0 aliphatic heterocycles. The molecule has 0 radical (unpaired) electrons. The van der Waals surface area contributed by atoms with E-state index in [0.29, 0.717) is 12.2 Å². The molecular weight excluding hydrogens is 228 g/mol. The number of carbonyl (C=O) groups excluding carboxylic acids is 1. The van der Waals surface area contributed by atoms with Crippen molar-refractivity contribution in [2.45, 2.75) is 52.4 Å². The van der Waals surface area contributed by atoms with Crippen LogP contribution < -0.4 is 5.43 Å². The molecule has 0 unspecified atom stereocenters. The number of nitrogens with zero attached hydrogens (tertiary/aromatic N) is 1. The van der Waals surface area contributed by atoms with Crippen molar-refractivity contribution in [1.82, 2.24) is 5.43 Å². The average Bonchev–Trinajstić information content (AvgIpc) is 2.75. The lowest BCUT2D eigenvalue weighted by Gasteiger charge is -1.99. The second-order valence-electron chi connectivity index (χ2n) is 4.41. The van der Waals surface area contributed by atoms with Gasteiger partial charge in [-0.25, -0.2) is 5.43 Å². The fraction of sp³-hybridized carbons (Fsp3) is 0.571. The topological polar surface area (TPSA) is 54.6 Å². The van der Waals surface area contributed by atoms with Gasteiger partial charge in [0.1, 0.15) is 11.5 Å². The van der Waals surface area contributed by atoms with Gasteiger partial charge in [0.15, 0.2) is 0 Å². The number of nitrogens with one attached hydrogen (secondary N) is 1. The molecule has 4 nitrogen and oxygen atoms in total. The summed E-state index contributed by atoms with van der Waals surface area (Å²) in [5, 5.41) is 3.85. The first kappa shape index (κ1) is 14.5. The molecule has 1 heterocycles. The van der Waals surface area contributed by atoms with Gasteiger partial charge in [0.05, 0.1) is 6.21 Å². The van der Waals surface area contributed by atoms with Crippen LogP contribution in [0, 0.1) is 6.92 Å². The highest BCUT2D eigenvalue weighted by atomic mass is 16.3. The van der Waals surface area contributed by atoms with Crippen LogP contribution in [0.25, 0.3) is 0 Å². The Kier molecular flexibility index (Phi) is 6.84. The van der Waals surface area contributed by atoms with Crippen LogP contribution in [-0.4, -0.2) is 12.1 Å². The smallest absolute Gasteiger partial charge is 0.240 e. The summed E-state index contributed by atoms with van der Waals surface area (Å²) in [5.74, 6) is 1.44. The highest BCUT2D eigenvalue weighted by Crippen LogP contribution is 2.05. The molecule has 0 saturated heterocycles. The Morgan fingerprint density at radius 3 is 2.78 bits per heavy atom. The van der Waals surface area contributed by atoms with Crippen molar-refractivity contribution in [2.75, 3.05) is 0 Å². The molecule has 0 aliphatic rings. The maximum atomic E-state index is 11.4. The average molecular weight is 250 g/mol. The number of carbonyl (C=O) groups is 1. The lowest BCUT2D eigenvalue weighted by atomic mass is 10.1. The Morgan fingerprint density at radius 2 is 2.11 bits per heavy atom. The molecule has 1 N–H and O–H groups in total. The summed E-state index contributed by atoms with van der Waals surface area (Å²) in [6.45, 7) is 4.05. The Morgan fingerprint density at radius 1 is 1.33 bits per heavy atom. The van der Waals surface area contributed by atoms with Gasteiger partial charge < -0.3 is 4.42 Å². The monoisotopic (exact) mass is 250 g/mol. The third-order valence-corrected chi connectivity index (χ3v) is 2.65. The third-order valence-electron chi connectivity index (χ3n) is 2.65. The van der Waals surface area contributed by atoms with Gasteiger partial charge in [0, 0.05) is 6.42 Å². The molecular formula is C14H22N2O2. The van der Waals surface area contributed by atoms with Crippen LogP contribution in [0.5, 0.6) is 0 Å². The number of hydrazone groups is 1. The molecule has 0 atom stereocenters. The molecule has 0 fully saturated rings. The summed E-state index contributed by atoms with van der Waals surface area (Å²) in [5.41, 5.74) is 2.50. The zero-order valence-electron chi connectivity index (χ0n) is 11.2. The van der Waals surface area contributed by atoms with Crippen LogP contribution in [0.1, 0.15) is 57.0 Å². The Labute approximate surface area is 108 Å². The van der Waals surface area contributed by atoms with E-state index in [-0.39, 0.29) is 5.91 Å². The molecule has 1 rings (SSSR count). The van der Waals surface area contributed by atoms with Gasteiger partial charge in [0.25, 0.3) is 0 Å². The van der Waals surface area contributed by atoms with Crippen molar-refractivity contribution in [1.29, 1.82) is 0 Å². The number of unbranched alkanes of at least 4 members (excludes halogenated alkanes) is 4. The molecule has 100 valence electrons. The molecule has 0 aromatic carbocycles. The van der Waals surface area contributed by atoms with Crippen molar-refractivity contribution in [3.8, 4) is 0 Å². The molecule has 0 spiro atoms. The van der Waals surface area contributed by atoms with Crippen LogP contribution in [0.4, 0.5) is 0 Å². The number of amides is 1. The predicted molar refractivity (Wildman–Crippen MR) is 72.6 cm³/mol. The Balaban J connectivity index is 2.11. The number of aryl methyl sites for hydroxylation is 1. The highest BCUT2D eigenvalue weighted by molar-refractivity contribution is 5.80. The Hall–Kier alpha value is -1.58. The maximum absolute atomic E-state index is 11.4. The molecule has 4 heteroatoms. The second kappa shape index (κ2) is 8.50. The molecule has 1 aromatic heterocycles. The summed E-state index contributed by atoms with van der Waals surface area (Å²) in [4.78, 5) is 11.4. The summed E-state index contributed by atoms with van der Waals surface area (Å²) in [7, 11) is 0. The molecule has 0 saturated carbocycles. The first-order chi connectivity index (χ1) is 8.72. The lowest BCUT2D eigenvalue weighted by Crippen LogP contribution is -2.16. The zero-order chi connectivity index (χ0) is 13.2. The van der Waals surface area contributed by atoms with E-state index in [1.807, 2.05) is 19.1 Å². The minimum Gasteiger partial charge on any atom is -0.460 e. The fourth-order valence-corrected chi connectivity index (χ4v) is 1.64. The first-order valence-electron chi connectivity index (χ1n) is 6.60. The SMILES string of the molecule is CCCCCCCC(=O)NN=Cc1ccc(C)o1. The van der Waals surface area contributed by atoms with E-state index in [9.17, 15) is 4.79 Å². The van der Waals surface area contributed by atoms with Gasteiger partial charge >= 0.3 is 0 Å². The van der Waals surface area contributed by atoms with E-state index < -0.39 is 0 Å². The first-order valence-corrected chi connectivity index (χ1v) is 6.60. The van der Waals surface area contributed by atoms with Crippen LogP contribution >= 0.6 is 0 Å². The van der Waals surface area contributed by atoms with Crippen LogP contribution in [0.2, 0.25) is 0 Å². The molecule has 18 heavy (non-hydrogen) atoms. The van der Waals surface area contributed by atoms with Crippen molar-refractivity contribution in [2.24, 2.45) is 5.10 Å². The minimum atomic E-state index is -0.0361. The van der Waals surface area contributed by atoms with E-state index in [4.69, 9.17) is 4.42 Å². The van der Waals surface area contributed by atoms with Crippen molar-refractivity contribution in [3.63, 3.8) is 0 Å². The van der Waals surface area contributed by atoms with Gasteiger partial charge in [-0.1, -0.05) is 32.6 Å².